The average Bonchev–Trinajstić information content (AvgIpc) is 2.42. The summed E-state index contributed by atoms with van der Waals surface area (Å²) in [4.78, 5) is 14.1. The van der Waals surface area contributed by atoms with Gasteiger partial charge in [0.1, 0.15) is 5.75 Å². The molecule has 114 valence electrons. The minimum absolute atomic E-state index is 0.117. The maximum atomic E-state index is 12.5. The number of ether oxygens (including phenoxy) is 1. The standard InChI is InChI=1S/C16H20ClNO3/c17-15-9-13(21-12-4-1-5-12)6-7-14(15)16(20)18-8-2-3-11(19)10-18/h6-7,9,11-12,19H,1-5,8,10H2. The number of amides is 1. The van der Waals surface area contributed by atoms with Gasteiger partial charge in [0.2, 0.25) is 0 Å². The highest BCUT2D eigenvalue weighted by molar-refractivity contribution is 6.34. The number of halogens is 1. The average molecular weight is 310 g/mol. The number of β-amino-alcohol motifs (C(OH)–C–C–N with tert-alkyl or cyclic N) is 1. The molecule has 1 aromatic carbocycles. The molecule has 1 aromatic rings. The molecule has 1 atom stereocenters. The van der Waals surface area contributed by atoms with Gasteiger partial charge in [-0.2, -0.15) is 0 Å². The number of likely N-dealkylation sites (tertiary alicyclic amines) is 1. The summed E-state index contributed by atoms with van der Waals surface area (Å²) < 4.78 is 5.78. The summed E-state index contributed by atoms with van der Waals surface area (Å²) in [6.07, 6.45) is 4.83. The van der Waals surface area contributed by atoms with Crippen molar-refractivity contribution in [2.45, 2.75) is 44.3 Å². The van der Waals surface area contributed by atoms with Gasteiger partial charge in [-0.15, -0.1) is 0 Å². The van der Waals surface area contributed by atoms with Crippen LogP contribution in [0.5, 0.6) is 5.75 Å². The Morgan fingerprint density at radius 2 is 2.10 bits per heavy atom. The monoisotopic (exact) mass is 309 g/mol. The Labute approximate surface area is 129 Å². The lowest BCUT2D eigenvalue weighted by molar-refractivity contribution is 0.0474. The van der Waals surface area contributed by atoms with Gasteiger partial charge in [-0.1, -0.05) is 11.6 Å². The molecule has 1 N–H and O–H groups in total. The molecule has 1 saturated carbocycles. The number of hydrogen-bond donors (Lipinski definition) is 1. The van der Waals surface area contributed by atoms with Gasteiger partial charge in [0.05, 0.1) is 22.8 Å². The number of benzene rings is 1. The zero-order chi connectivity index (χ0) is 14.8. The van der Waals surface area contributed by atoms with E-state index in [4.69, 9.17) is 16.3 Å². The lowest BCUT2D eigenvalue weighted by Crippen LogP contribution is -2.42. The van der Waals surface area contributed by atoms with Crippen LogP contribution < -0.4 is 4.74 Å². The fourth-order valence-corrected chi connectivity index (χ4v) is 2.98. The molecule has 5 heteroatoms. The Hall–Kier alpha value is -1.26. The highest BCUT2D eigenvalue weighted by Gasteiger charge is 2.25. The molecule has 0 spiro atoms. The third kappa shape index (κ3) is 3.33. The van der Waals surface area contributed by atoms with Crippen molar-refractivity contribution in [2.24, 2.45) is 0 Å². The van der Waals surface area contributed by atoms with Crippen LogP contribution in [-0.4, -0.2) is 41.2 Å². The normalized spacial score (nSPS) is 22.8. The van der Waals surface area contributed by atoms with E-state index in [1.807, 2.05) is 0 Å². The van der Waals surface area contributed by atoms with Crippen LogP contribution in [0, 0.1) is 0 Å². The number of carbonyl (C=O) groups excluding carboxylic acids is 1. The molecular weight excluding hydrogens is 290 g/mol. The topological polar surface area (TPSA) is 49.8 Å². The van der Waals surface area contributed by atoms with E-state index >= 15 is 0 Å². The van der Waals surface area contributed by atoms with Crippen LogP contribution in [0.15, 0.2) is 18.2 Å². The number of piperidine rings is 1. The third-order valence-corrected chi connectivity index (χ3v) is 4.52. The van der Waals surface area contributed by atoms with Gasteiger partial charge >= 0.3 is 0 Å². The first-order valence-electron chi connectivity index (χ1n) is 7.57. The lowest BCUT2D eigenvalue weighted by atomic mass is 9.96. The second-order valence-corrected chi connectivity index (χ2v) is 6.27. The second kappa shape index (κ2) is 6.24. The van der Waals surface area contributed by atoms with Crippen molar-refractivity contribution in [3.63, 3.8) is 0 Å². The van der Waals surface area contributed by atoms with Gasteiger partial charge in [0, 0.05) is 13.1 Å². The molecule has 1 aliphatic heterocycles. The van der Waals surface area contributed by atoms with Crippen molar-refractivity contribution in [1.82, 2.24) is 4.90 Å². The van der Waals surface area contributed by atoms with Gasteiger partial charge < -0.3 is 14.7 Å². The molecule has 2 fully saturated rings. The number of aliphatic hydroxyl groups excluding tert-OH is 1. The predicted octanol–water partition coefficient (Wildman–Crippen LogP) is 2.87. The summed E-state index contributed by atoms with van der Waals surface area (Å²) in [5, 5.41) is 10.1. The zero-order valence-electron chi connectivity index (χ0n) is 11.9. The minimum atomic E-state index is -0.428. The summed E-state index contributed by atoms with van der Waals surface area (Å²) in [6, 6.07) is 5.24. The van der Waals surface area contributed by atoms with Crippen molar-refractivity contribution in [1.29, 1.82) is 0 Å². The number of aliphatic hydroxyl groups is 1. The van der Waals surface area contributed by atoms with Gasteiger partial charge in [-0.25, -0.2) is 0 Å². The fraction of sp³-hybridized carbons (Fsp3) is 0.562. The first-order valence-corrected chi connectivity index (χ1v) is 7.95. The van der Waals surface area contributed by atoms with Crippen molar-refractivity contribution in [3.05, 3.63) is 28.8 Å². The Morgan fingerprint density at radius 3 is 2.71 bits per heavy atom. The quantitative estimate of drug-likeness (QED) is 0.934. The van der Waals surface area contributed by atoms with Gasteiger partial charge in [0.15, 0.2) is 0 Å². The van der Waals surface area contributed by atoms with E-state index in [0.29, 0.717) is 29.8 Å². The molecular formula is C16H20ClNO3. The Morgan fingerprint density at radius 1 is 1.29 bits per heavy atom. The smallest absolute Gasteiger partial charge is 0.255 e. The van der Waals surface area contributed by atoms with E-state index in [0.717, 1.165) is 31.4 Å². The van der Waals surface area contributed by atoms with Gasteiger partial charge in [0.25, 0.3) is 5.91 Å². The molecule has 1 aliphatic carbocycles. The van der Waals surface area contributed by atoms with Crippen LogP contribution in [-0.2, 0) is 0 Å². The highest BCUT2D eigenvalue weighted by Crippen LogP contribution is 2.29. The maximum absolute atomic E-state index is 12.5. The second-order valence-electron chi connectivity index (χ2n) is 5.86. The summed E-state index contributed by atoms with van der Waals surface area (Å²) in [6.45, 7) is 1.06. The molecule has 1 amide bonds. The zero-order valence-corrected chi connectivity index (χ0v) is 12.7. The molecule has 4 nitrogen and oxygen atoms in total. The lowest BCUT2D eigenvalue weighted by Gasteiger charge is -2.30. The molecule has 21 heavy (non-hydrogen) atoms. The van der Waals surface area contributed by atoms with E-state index in [1.165, 1.54) is 6.42 Å². The number of carbonyl (C=O) groups is 1. The van der Waals surface area contributed by atoms with Crippen LogP contribution in [0.4, 0.5) is 0 Å². The predicted molar refractivity (Wildman–Crippen MR) is 80.9 cm³/mol. The minimum Gasteiger partial charge on any atom is -0.490 e. The van der Waals surface area contributed by atoms with Gasteiger partial charge in [-0.05, 0) is 50.3 Å². The molecule has 1 unspecified atom stereocenters. The Kier molecular flexibility index (Phi) is 4.36. The van der Waals surface area contributed by atoms with Crippen molar-refractivity contribution in [3.8, 4) is 5.75 Å². The summed E-state index contributed by atoms with van der Waals surface area (Å²) in [5.41, 5.74) is 0.478. The van der Waals surface area contributed by atoms with E-state index in [9.17, 15) is 9.90 Å². The molecule has 3 rings (SSSR count). The first kappa shape index (κ1) is 14.7. The van der Waals surface area contributed by atoms with Crippen molar-refractivity contribution in [2.75, 3.05) is 13.1 Å². The Balaban J connectivity index is 1.70. The number of hydrogen-bond acceptors (Lipinski definition) is 3. The molecule has 2 aliphatic rings. The molecule has 0 bridgehead atoms. The number of nitrogens with zero attached hydrogens (tertiary/aromatic N) is 1. The van der Waals surface area contributed by atoms with Crippen LogP contribution in [0.25, 0.3) is 0 Å². The largest absolute Gasteiger partial charge is 0.490 e. The van der Waals surface area contributed by atoms with Gasteiger partial charge in [-0.3, -0.25) is 4.79 Å². The van der Waals surface area contributed by atoms with Crippen LogP contribution in [0.1, 0.15) is 42.5 Å². The number of rotatable bonds is 3. The highest BCUT2D eigenvalue weighted by atomic mass is 35.5. The molecule has 0 aromatic heterocycles. The summed E-state index contributed by atoms with van der Waals surface area (Å²) >= 11 is 6.23. The SMILES string of the molecule is O=C(c1ccc(OC2CCC2)cc1Cl)N1CCCC(O)C1. The fourth-order valence-electron chi connectivity index (χ4n) is 2.73. The van der Waals surface area contributed by atoms with Crippen LogP contribution >= 0.6 is 11.6 Å². The van der Waals surface area contributed by atoms with Crippen molar-refractivity contribution < 1.29 is 14.6 Å². The summed E-state index contributed by atoms with van der Waals surface area (Å²) in [5.74, 6) is 0.605. The summed E-state index contributed by atoms with van der Waals surface area (Å²) in [7, 11) is 0. The van der Waals surface area contributed by atoms with Crippen LogP contribution in [0.2, 0.25) is 5.02 Å². The van der Waals surface area contributed by atoms with E-state index in [-0.39, 0.29) is 5.91 Å². The Bertz CT molecular complexity index is 530. The first-order chi connectivity index (χ1) is 10.1. The molecule has 1 heterocycles. The maximum Gasteiger partial charge on any atom is 0.255 e. The van der Waals surface area contributed by atoms with Crippen molar-refractivity contribution >= 4 is 17.5 Å². The van der Waals surface area contributed by atoms with E-state index in [1.54, 1.807) is 23.1 Å². The van der Waals surface area contributed by atoms with Crippen LogP contribution in [0.3, 0.4) is 0 Å². The molecule has 0 radical (unpaired) electrons. The molecule has 1 saturated heterocycles. The van der Waals surface area contributed by atoms with E-state index < -0.39 is 6.10 Å². The van der Waals surface area contributed by atoms with E-state index in [2.05, 4.69) is 0 Å². The third-order valence-electron chi connectivity index (χ3n) is 4.21.